The number of carbonyl (C=O) groups excluding carboxylic acids is 1. The summed E-state index contributed by atoms with van der Waals surface area (Å²) in [5.74, 6) is 0.770. The van der Waals surface area contributed by atoms with E-state index < -0.39 is 0 Å². The van der Waals surface area contributed by atoms with Gasteiger partial charge in [-0.2, -0.15) is 0 Å². The van der Waals surface area contributed by atoms with Crippen molar-refractivity contribution in [3.8, 4) is 11.4 Å². The summed E-state index contributed by atoms with van der Waals surface area (Å²) >= 11 is 7.36. The number of nitrogens with zero attached hydrogens (tertiary/aromatic N) is 3. The van der Waals surface area contributed by atoms with Crippen molar-refractivity contribution in [2.24, 2.45) is 0 Å². The molecule has 0 spiro atoms. The molecule has 1 aromatic carbocycles. The lowest BCUT2D eigenvalue weighted by molar-refractivity contribution is -0.121. The molecule has 24 heavy (non-hydrogen) atoms. The molecule has 0 radical (unpaired) electrons. The van der Waals surface area contributed by atoms with Crippen LogP contribution in [-0.4, -0.2) is 31.5 Å². The third-order valence-electron chi connectivity index (χ3n) is 3.29. The van der Waals surface area contributed by atoms with Crippen LogP contribution in [0.25, 0.3) is 11.4 Å². The Hall–Kier alpha value is -1.53. The van der Waals surface area contributed by atoms with Gasteiger partial charge in [0.1, 0.15) is 0 Å². The van der Waals surface area contributed by atoms with E-state index in [4.69, 9.17) is 11.6 Å². The summed E-state index contributed by atoms with van der Waals surface area (Å²) in [5, 5.41) is 12.7. The number of amides is 1. The Morgan fingerprint density at radius 2 is 1.92 bits per heavy atom. The van der Waals surface area contributed by atoms with E-state index in [0.717, 1.165) is 23.1 Å². The van der Waals surface area contributed by atoms with Crippen LogP contribution in [0, 0.1) is 0 Å². The minimum absolute atomic E-state index is 0.00815. The number of thioether (sulfide) groups is 1. The normalized spacial score (nSPS) is 12.9. The molecule has 5 nitrogen and oxygen atoms in total. The van der Waals surface area contributed by atoms with E-state index >= 15 is 0 Å². The van der Waals surface area contributed by atoms with Crippen molar-refractivity contribution in [2.75, 3.05) is 0 Å². The second-order valence-electron chi connectivity index (χ2n) is 6.56. The topological polar surface area (TPSA) is 59.8 Å². The van der Waals surface area contributed by atoms with Crippen molar-refractivity contribution in [1.82, 2.24) is 20.1 Å². The van der Waals surface area contributed by atoms with Crippen molar-refractivity contribution in [3.05, 3.63) is 29.3 Å². The van der Waals surface area contributed by atoms with Crippen LogP contribution in [0.3, 0.4) is 0 Å². The van der Waals surface area contributed by atoms with Crippen LogP contribution in [-0.2, 0) is 11.3 Å². The van der Waals surface area contributed by atoms with Crippen molar-refractivity contribution in [1.29, 1.82) is 0 Å². The Labute approximate surface area is 152 Å². The highest BCUT2D eigenvalue weighted by atomic mass is 35.5. The first-order chi connectivity index (χ1) is 11.2. The summed E-state index contributed by atoms with van der Waals surface area (Å²) < 4.78 is 2.01. The zero-order chi connectivity index (χ0) is 17.9. The Kier molecular flexibility index (Phi) is 5.93. The van der Waals surface area contributed by atoms with E-state index in [-0.39, 0.29) is 16.7 Å². The standard InChI is InChI=1S/C17H23ClN4OS/c1-6-22-14(12-7-9-13(18)10-8-12)20-21-16(22)24-11(2)15(23)19-17(3,4)5/h7-11H,6H2,1-5H3,(H,19,23). The largest absolute Gasteiger partial charge is 0.351 e. The maximum atomic E-state index is 12.3. The lowest BCUT2D eigenvalue weighted by Crippen LogP contribution is -2.44. The van der Waals surface area contributed by atoms with Crippen LogP contribution in [0.1, 0.15) is 34.6 Å². The monoisotopic (exact) mass is 366 g/mol. The third-order valence-corrected chi connectivity index (χ3v) is 4.62. The molecule has 1 amide bonds. The number of rotatable bonds is 5. The number of hydrogen-bond donors (Lipinski definition) is 1. The summed E-state index contributed by atoms with van der Waals surface area (Å²) in [6.45, 7) is 10.5. The predicted molar refractivity (Wildman–Crippen MR) is 99.4 cm³/mol. The smallest absolute Gasteiger partial charge is 0.233 e. The van der Waals surface area contributed by atoms with Gasteiger partial charge in [0.2, 0.25) is 5.91 Å². The molecule has 0 fully saturated rings. The van der Waals surface area contributed by atoms with Crippen molar-refractivity contribution in [3.63, 3.8) is 0 Å². The van der Waals surface area contributed by atoms with Crippen LogP contribution in [0.15, 0.2) is 29.4 Å². The van der Waals surface area contributed by atoms with Crippen LogP contribution >= 0.6 is 23.4 Å². The van der Waals surface area contributed by atoms with Gasteiger partial charge in [-0.1, -0.05) is 23.4 Å². The van der Waals surface area contributed by atoms with Crippen LogP contribution in [0.4, 0.5) is 0 Å². The van der Waals surface area contributed by atoms with Gasteiger partial charge in [0, 0.05) is 22.7 Å². The molecule has 0 bridgehead atoms. The fourth-order valence-electron chi connectivity index (χ4n) is 2.16. The van der Waals surface area contributed by atoms with Gasteiger partial charge in [-0.05, 0) is 58.9 Å². The van der Waals surface area contributed by atoms with E-state index in [0.29, 0.717) is 5.02 Å². The SMILES string of the molecule is CCn1c(SC(C)C(=O)NC(C)(C)C)nnc1-c1ccc(Cl)cc1. The Morgan fingerprint density at radius 1 is 1.29 bits per heavy atom. The molecule has 0 aliphatic heterocycles. The van der Waals surface area contributed by atoms with Gasteiger partial charge < -0.3 is 9.88 Å². The number of carbonyl (C=O) groups is 1. The molecule has 2 rings (SSSR count). The van der Waals surface area contributed by atoms with Crippen molar-refractivity contribution >= 4 is 29.3 Å². The van der Waals surface area contributed by atoms with Crippen molar-refractivity contribution in [2.45, 2.75) is 57.1 Å². The fourth-order valence-corrected chi connectivity index (χ4v) is 3.20. The molecule has 1 N–H and O–H groups in total. The molecule has 130 valence electrons. The Morgan fingerprint density at radius 3 is 2.46 bits per heavy atom. The van der Waals surface area contributed by atoms with Gasteiger partial charge in [0.15, 0.2) is 11.0 Å². The number of nitrogens with one attached hydrogen (secondary N) is 1. The first kappa shape index (κ1) is 18.8. The summed E-state index contributed by atoms with van der Waals surface area (Å²) in [5.41, 5.74) is 0.700. The average Bonchev–Trinajstić information content (AvgIpc) is 2.88. The van der Waals surface area contributed by atoms with Crippen LogP contribution < -0.4 is 5.32 Å². The number of aromatic nitrogens is 3. The molecule has 1 unspecified atom stereocenters. The third kappa shape index (κ3) is 4.74. The zero-order valence-electron chi connectivity index (χ0n) is 14.6. The quantitative estimate of drug-likeness (QED) is 0.812. The molecule has 2 aromatic rings. The van der Waals surface area contributed by atoms with E-state index in [1.165, 1.54) is 11.8 Å². The number of halogens is 1. The number of benzene rings is 1. The summed E-state index contributed by atoms with van der Waals surface area (Å²) in [7, 11) is 0. The van der Waals surface area contributed by atoms with Gasteiger partial charge in [-0.15, -0.1) is 10.2 Å². The fraction of sp³-hybridized carbons (Fsp3) is 0.471. The minimum atomic E-state index is -0.253. The predicted octanol–water partition coefficient (Wildman–Crippen LogP) is 4.01. The number of hydrogen-bond acceptors (Lipinski definition) is 4. The molecule has 0 aliphatic carbocycles. The average molecular weight is 367 g/mol. The highest BCUT2D eigenvalue weighted by molar-refractivity contribution is 8.00. The minimum Gasteiger partial charge on any atom is -0.351 e. The van der Waals surface area contributed by atoms with Crippen LogP contribution in [0.5, 0.6) is 0 Å². The van der Waals surface area contributed by atoms with Gasteiger partial charge in [0.25, 0.3) is 0 Å². The molecule has 0 saturated carbocycles. The van der Waals surface area contributed by atoms with E-state index in [2.05, 4.69) is 15.5 Å². The first-order valence-corrected chi connectivity index (χ1v) is 9.15. The van der Waals surface area contributed by atoms with Gasteiger partial charge in [0.05, 0.1) is 5.25 Å². The van der Waals surface area contributed by atoms with Crippen molar-refractivity contribution < 1.29 is 4.79 Å². The summed E-state index contributed by atoms with van der Waals surface area (Å²) in [4.78, 5) is 12.3. The molecule has 0 aliphatic rings. The Bertz CT molecular complexity index is 706. The highest BCUT2D eigenvalue weighted by Gasteiger charge is 2.23. The maximum Gasteiger partial charge on any atom is 0.233 e. The lowest BCUT2D eigenvalue weighted by Gasteiger charge is -2.22. The maximum absolute atomic E-state index is 12.3. The first-order valence-electron chi connectivity index (χ1n) is 7.89. The molecule has 1 aromatic heterocycles. The Balaban J connectivity index is 2.20. The summed E-state index contributed by atoms with van der Waals surface area (Å²) in [6, 6.07) is 7.50. The highest BCUT2D eigenvalue weighted by Crippen LogP contribution is 2.27. The van der Waals surface area contributed by atoms with Gasteiger partial charge >= 0.3 is 0 Å². The second kappa shape index (κ2) is 7.57. The second-order valence-corrected chi connectivity index (χ2v) is 8.30. The summed E-state index contributed by atoms with van der Waals surface area (Å²) in [6.07, 6.45) is 0. The lowest BCUT2D eigenvalue weighted by atomic mass is 10.1. The molecule has 1 atom stereocenters. The molecular formula is C17H23ClN4OS. The molecule has 7 heteroatoms. The van der Waals surface area contributed by atoms with Gasteiger partial charge in [-0.3, -0.25) is 4.79 Å². The van der Waals surface area contributed by atoms with E-state index in [1.54, 1.807) is 0 Å². The van der Waals surface area contributed by atoms with Gasteiger partial charge in [-0.25, -0.2) is 0 Å². The van der Waals surface area contributed by atoms with E-state index in [9.17, 15) is 4.79 Å². The zero-order valence-corrected chi connectivity index (χ0v) is 16.2. The van der Waals surface area contributed by atoms with E-state index in [1.807, 2.05) is 63.5 Å². The molecule has 1 heterocycles. The van der Waals surface area contributed by atoms with Crippen LogP contribution in [0.2, 0.25) is 5.02 Å². The molecule has 0 saturated heterocycles. The molecular weight excluding hydrogens is 344 g/mol.